The molecule has 22 heavy (non-hydrogen) atoms. The van der Waals surface area contributed by atoms with E-state index in [9.17, 15) is 9.59 Å². The van der Waals surface area contributed by atoms with E-state index < -0.39 is 0 Å². The summed E-state index contributed by atoms with van der Waals surface area (Å²) < 4.78 is 0. The van der Waals surface area contributed by atoms with Crippen molar-refractivity contribution >= 4 is 29.9 Å². The predicted molar refractivity (Wildman–Crippen MR) is 90.0 cm³/mol. The van der Waals surface area contributed by atoms with Gasteiger partial charge in [0.1, 0.15) is 0 Å². The molecule has 0 bridgehead atoms. The monoisotopic (exact) mass is 325 g/mol. The Hall–Kier alpha value is -1.59. The summed E-state index contributed by atoms with van der Waals surface area (Å²) in [5.74, 6) is -0.324. The minimum atomic E-state index is -0.209. The maximum atomic E-state index is 11.9. The number of nitrogens with one attached hydrogen (secondary N) is 2. The fraction of sp³-hybridized carbons (Fsp3) is 0.500. The van der Waals surface area contributed by atoms with Gasteiger partial charge in [0, 0.05) is 17.6 Å². The van der Waals surface area contributed by atoms with Crippen LogP contribution in [0.5, 0.6) is 0 Å². The van der Waals surface area contributed by atoms with Crippen LogP contribution in [-0.4, -0.2) is 24.4 Å². The van der Waals surface area contributed by atoms with E-state index in [1.54, 1.807) is 0 Å². The molecule has 6 heteroatoms. The molecule has 2 rings (SSSR count). The highest BCUT2D eigenvalue weighted by Crippen LogP contribution is 2.23. The first-order valence-corrected chi connectivity index (χ1v) is 7.50. The van der Waals surface area contributed by atoms with Gasteiger partial charge in [-0.2, -0.15) is 0 Å². The number of hydrogen-bond acceptors (Lipinski definition) is 3. The van der Waals surface area contributed by atoms with Gasteiger partial charge in [-0.25, -0.2) is 0 Å². The zero-order chi connectivity index (χ0) is 15.2. The number of aryl methyl sites for hydroxylation is 1. The molecule has 1 aromatic rings. The number of nitrogens with two attached hydrogens (primary N) is 1. The number of carbonyl (C=O) groups excluding carboxylic acids is 2. The number of rotatable bonds is 5. The topological polar surface area (TPSA) is 84.2 Å². The molecule has 0 radical (unpaired) electrons. The van der Waals surface area contributed by atoms with Crippen LogP contribution in [0.3, 0.4) is 0 Å². The van der Waals surface area contributed by atoms with Gasteiger partial charge in [0.15, 0.2) is 0 Å². The maximum Gasteiger partial charge on any atom is 0.243 e. The van der Waals surface area contributed by atoms with E-state index in [2.05, 4.69) is 17.6 Å². The molecule has 1 saturated carbocycles. The van der Waals surface area contributed by atoms with Gasteiger partial charge >= 0.3 is 0 Å². The third-order valence-corrected chi connectivity index (χ3v) is 3.89. The number of halogens is 1. The van der Waals surface area contributed by atoms with Crippen molar-refractivity contribution in [1.29, 1.82) is 0 Å². The summed E-state index contributed by atoms with van der Waals surface area (Å²) in [6, 6.07) is 7.82. The maximum absolute atomic E-state index is 11.9. The molecule has 0 heterocycles. The second-order valence-corrected chi connectivity index (χ2v) is 5.59. The first kappa shape index (κ1) is 18.5. The second-order valence-electron chi connectivity index (χ2n) is 5.59. The Morgan fingerprint density at radius 1 is 1.32 bits per heavy atom. The van der Waals surface area contributed by atoms with Crippen LogP contribution in [0.15, 0.2) is 24.3 Å². The lowest BCUT2D eigenvalue weighted by molar-refractivity contribution is -0.127. The lowest BCUT2D eigenvalue weighted by Crippen LogP contribution is -2.36. The van der Waals surface area contributed by atoms with Gasteiger partial charge in [0.05, 0.1) is 6.54 Å². The molecule has 1 aliphatic rings. The van der Waals surface area contributed by atoms with Crippen LogP contribution in [0.4, 0.5) is 5.69 Å². The van der Waals surface area contributed by atoms with E-state index in [4.69, 9.17) is 5.73 Å². The molecule has 122 valence electrons. The van der Waals surface area contributed by atoms with Crippen molar-refractivity contribution in [3.8, 4) is 0 Å². The molecular formula is C16H24ClN3O2. The summed E-state index contributed by atoms with van der Waals surface area (Å²) >= 11 is 0. The highest BCUT2D eigenvalue weighted by Gasteiger charge is 2.27. The lowest BCUT2D eigenvalue weighted by atomic mass is 10.1. The molecular weight excluding hydrogens is 302 g/mol. The third-order valence-electron chi connectivity index (χ3n) is 3.89. The average Bonchev–Trinajstić information content (AvgIpc) is 2.91. The molecule has 1 aromatic carbocycles. The first-order chi connectivity index (χ1) is 10.1. The highest BCUT2D eigenvalue weighted by molar-refractivity contribution is 5.94. The Morgan fingerprint density at radius 2 is 2.09 bits per heavy atom. The lowest BCUT2D eigenvalue weighted by Gasteiger charge is -2.11. The molecule has 2 atom stereocenters. The summed E-state index contributed by atoms with van der Waals surface area (Å²) in [7, 11) is 0. The summed E-state index contributed by atoms with van der Waals surface area (Å²) in [5, 5.41) is 5.48. The van der Waals surface area contributed by atoms with Crippen molar-refractivity contribution in [2.24, 2.45) is 11.7 Å². The zero-order valence-electron chi connectivity index (χ0n) is 12.8. The zero-order valence-corrected chi connectivity index (χ0v) is 13.6. The number of amides is 2. The number of anilines is 1. The summed E-state index contributed by atoms with van der Waals surface area (Å²) in [5.41, 5.74) is 7.71. The van der Waals surface area contributed by atoms with Crippen molar-refractivity contribution in [3.05, 3.63) is 29.8 Å². The van der Waals surface area contributed by atoms with Crippen LogP contribution < -0.4 is 16.4 Å². The Labute approximate surface area is 137 Å². The van der Waals surface area contributed by atoms with Crippen LogP contribution in [0, 0.1) is 5.92 Å². The smallest absolute Gasteiger partial charge is 0.243 e. The Bertz CT molecular complexity index is 522. The Morgan fingerprint density at radius 3 is 2.73 bits per heavy atom. The minimum absolute atomic E-state index is 0. The van der Waals surface area contributed by atoms with E-state index >= 15 is 0 Å². The van der Waals surface area contributed by atoms with E-state index in [0.29, 0.717) is 6.42 Å². The fourth-order valence-corrected chi connectivity index (χ4v) is 2.64. The second kappa shape index (κ2) is 8.76. The van der Waals surface area contributed by atoms with Gasteiger partial charge in [-0.3, -0.25) is 9.59 Å². The fourth-order valence-electron chi connectivity index (χ4n) is 2.64. The largest absolute Gasteiger partial charge is 0.347 e. The van der Waals surface area contributed by atoms with Crippen molar-refractivity contribution in [2.45, 2.75) is 38.6 Å². The summed E-state index contributed by atoms with van der Waals surface area (Å²) in [6.45, 7) is 2.06. The van der Waals surface area contributed by atoms with Gasteiger partial charge in [-0.1, -0.05) is 19.1 Å². The normalized spacial score (nSPS) is 20.1. The van der Waals surface area contributed by atoms with Crippen LogP contribution in [0.2, 0.25) is 0 Å². The molecule has 1 aliphatic carbocycles. The van der Waals surface area contributed by atoms with Crippen molar-refractivity contribution in [2.75, 3.05) is 11.9 Å². The molecule has 0 aromatic heterocycles. The average molecular weight is 326 g/mol. The van der Waals surface area contributed by atoms with Gasteiger partial charge in [-0.15, -0.1) is 12.4 Å². The standard InChI is InChI=1S/C16H23N3O2.ClH/c1-2-11-4-3-5-14(8-11)19-15(20)10-18-16(21)12-6-7-13(17)9-12;/h3-5,8,12-13H,2,6-7,9-10,17H2,1H3,(H,18,21)(H,19,20);1H. The van der Waals surface area contributed by atoms with Gasteiger partial charge in [0.25, 0.3) is 0 Å². The van der Waals surface area contributed by atoms with Crippen LogP contribution in [-0.2, 0) is 16.0 Å². The van der Waals surface area contributed by atoms with Crippen molar-refractivity contribution < 1.29 is 9.59 Å². The van der Waals surface area contributed by atoms with E-state index in [1.165, 1.54) is 0 Å². The summed E-state index contributed by atoms with van der Waals surface area (Å²) in [4.78, 5) is 23.7. The van der Waals surface area contributed by atoms with Crippen LogP contribution >= 0.6 is 12.4 Å². The predicted octanol–water partition coefficient (Wildman–Crippen LogP) is 1.85. The van der Waals surface area contributed by atoms with Crippen LogP contribution in [0.25, 0.3) is 0 Å². The third kappa shape index (κ3) is 5.31. The SMILES string of the molecule is CCc1cccc(NC(=O)CNC(=O)C2CCC(N)C2)c1.Cl. The summed E-state index contributed by atoms with van der Waals surface area (Å²) in [6.07, 6.45) is 3.33. The first-order valence-electron chi connectivity index (χ1n) is 7.50. The Kier molecular flexibility index (Phi) is 7.35. The van der Waals surface area contributed by atoms with E-state index in [1.807, 2.05) is 24.3 Å². The molecule has 0 aliphatic heterocycles. The van der Waals surface area contributed by atoms with E-state index in [-0.39, 0.29) is 42.7 Å². The van der Waals surface area contributed by atoms with Crippen LogP contribution in [0.1, 0.15) is 31.7 Å². The molecule has 1 fully saturated rings. The molecule has 4 N–H and O–H groups in total. The molecule has 5 nitrogen and oxygen atoms in total. The highest BCUT2D eigenvalue weighted by atomic mass is 35.5. The van der Waals surface area contributed by atoms with Gasteiger partial charge < -0.3 is 16.4 Å². The quantitative estimate of drug-likeness (QED) is 0.772. The van der Waals surface area contributed by atoms with Crippen molar-refractivity contribution in [3.63, 3.8) is 0 Å². The number of benzene rings is 1. The molecule has 2 amide bonds. The van der Waals surface area contributed by atoms with Gasteiger partial charge in [-0.05, 0) is 43.4 Å². The van der Waals surface area contributed by atoms with Crippen molar-refractivity contribution in [1.82, 2.24) is 5.32 Å². The molecule has 0 spiro atoms. The Balaban J connectivity index is 0.00000242. The number of hydrogen-bond donors (Lipinski definition) is 3. The number of carbonyl (C=O) groups is 2. The minimum Gasteiger partial charge on any atom is -0.347 e. The molecule has 2 unspecified atom stereocenters. The van der Waals surface area contributed by atoms with Gasteiger partial charge in [0.2, 0.25) is 11.8 Å². The van der Waals surface area contributed by atoms with E-state index in [0.717, 1.165) is 30.5 Å². The molecule has 0 saturated heterocycles.